The van der Waals surface area contributed by atoms with Crippen LogP contribution in [0.2, 0.25) is 0 Å². The van der Waals surface area contributed by atoms with Crippen LogP contribution in [0.4, 0.5) is 0 Å². The number of aryl methyl sites for hydroxylation is 1. The minimum absolute atomic E-state index is 0.169. The molecule has 0 fully saturated rings. The Labute approximate surface area is 127 Å². The van der Waals surface area contributed by atoms with Crippen molar-refractivity contribution in [3.05, 3.63) is 22.1 Å². The van der Waals surface area contributed by atoms with Crippen molar-refractivity contribution in [3.8, 4) is 0 Å². The average Bonchev–Trinajstić information content (AvgIpc) is 2.76. The molecule has 1 aromatic heterocycles. The van der Waals surface area contributed by atoms with Crippen molar-refractivity contribution in [2.75, 3.05) is 13.7 Å². The summed E-state index contributed by atoms with van der Waals surface area (Å²) in [5, 5.41) is 2.82. The van der Waals surface area contributed by atoms with Gasteiger partial charge in [-0.1, -0.05) is 12.8 Å². The van der Waals surface area contributed by atoms with Crippen molar-refractivity contribution in [3.63, 3.8) is 0 Å². The van der Waals surface area contributed by atoms with E-state index in [9.17, 15) is 9.59 Å². The highest BCUT2D eigenvalue weighted by atomic mass is 79.9. The van der Waals surface area contributed by atoms with Crippen LogP contribution < -0.4 is 5.32 Å². The second-order valence-electron chi connectivity index (χ2n) is 4.56. The van der Waals surface area contributed by atoms with Crippen LogP contribution in [0.3, 0.4) is 0 Å². The molecule has 6 heteroatoms. The molecule has 0 bridgehead atoms. The van der Waals surface area contributed by atoms with E-state index in [0.717, 1.165) is 31.2 Å². The highest BCUT2D eigenvalue weighted by molar-refractivity contribution is 9.10. The largest absolute Gasteiger partial charge is 0.469 e. The van der Waals surface area contributed by atoms with Gasteiger partial charge in [0.05, 0.1) is 7.11 Å². The molecule has 0 atom stereocenters. The zero-order valence-corrected chi connectivity index (χ0v) is 13.4. The van der Waals surface area contributed by atoms with Gasteiger partial charge in [-0.15, -0.1) is 0 Å². The molecule has 112 valence electrons. The minimum Gasteiger partial charge on any atom is -0.469 e. The predicted octanol–water partition coefficient (Wildman–Crippen LogP) is 3.20. The van der Waals surface area contributed by atoms with E-state index in [-0.39, 0.29) is 11.9 Å². The maximum Gasteiger partial charge on any atom is 0.305 e. The Morgan fingerprint density at radius 3 is 2.60 bits per heavy atom. The zero-order valence-electron chi connectivity index (χ0n) is 11.8. The van der Waals surface area contributed by atoms with Gasteiger partial charge in [0.1, 0.15) is 0 Å². The van der Waals surface area contributed by atoms with Crippen LogP contribution in [0.1, 0.15) is 48.2 Å². The van der Waals surface area contributed by atoms with Gasteiger partial charge in [0, 0.05) is 18.5 Å². The molecule has 0 aliphatic heterocycles. The van der Waals surface area contributed by atoms with Gasteiger partial charge >= 0.3 is 5.97 Å². The van der Waals surface area contributed by atoms with E-state index in [1.165, 1.54) is 7.11 Å². The van der Waals surface area contributed by atoms with Gasteiger partial charge in [-0.3, -0.25) is 9.59 Å². The van der Waals surface area contributed by atoms with E-state index in [0.29, 0.717) is 23.4 Å². The summed E-state index contributed by atoms with van der Waals surface area (Å²) in [7, 11) is 1.40. The zero-order chi connectivity index (χ0) is 15.0. The summed E-state index contributed by atoms with van der Waals surface area (Å²) in [6.45, 7) is 2.44. The van der Waals surface area contributed by atoms with Gasteiger partial charge in [0.25, 0.3) is 5.91 Å². The summed E-state index contributed by atoms with van der Waals surface area (Å²) in [5.74, 6) is -0.0116. The van der Waals surface area contributed by atoms with Gasteiger partial charge in [-0.2, -0.15) is 0 Å². The number of unbranched alkanes of at least 4 members (excludes halogenated alkanes) is 3. The third kappa shape index (κ3) is 5.77. The van der Waals surface area contributed by atoms with Gasteiger partial charge in [-0.05, 0) is 41.8 Å². The molecule has 0 aromatic carbocycles. The quantitative estimate of drug-likeness (QED) is 0.580. The first-order chi connectivity index (χ1) is 9.54. The summed E-state index contributed by atoms with van der Waals surface area (Å²) in [6.07, 6.45) is 4.09. The van der Waals surface area contributed by atoms with Crippen molar-refractivity contribution in [1.29, 1.82) is 0 Å². The molecule has 0 spiro atoms. The summed E-state index contributed by atoms with van der Waals surface area (Å²) in [5.41, 5.74) is 0.812. The number of hydrogen-bond donors (Lipinski definition) is 1. The van der Waals surface area contributed by atoms with Crippen LogP contribution >= 0.6 is 15.9 Å². The van der Waals surface area contributed by atoms with Crippen LogP contribution in [0, 0.1) is 6.92 Å². The summed E-state index contributed by atoms with van der Waals surface area (Å²) in [4.78, 5) is 22.7. The fourth-order valence-electron chi connectivity index (χ4n) is 1.80. The Morgan fingerprint density at radius 2 is 2.00 bits per heavy atom. The molecular formula is C14H20BrNO4. The number of rotatable bonds is 8. The number of amides is 1. The molecule has 0 unspecified atom stereocenters. The maximum atomic E-state index is 11.8. The van der Waals surface area contributed by atoms with Gasteiger partial charge in [0.2, 0.25) is 0 Å². The summed E-state index contributed by atoms with van der Waals surface area (Å²) in [6, 6.07) is 1.77. The van der Waals surface area contributed by atoms with Crippen molar-refractivity contribution in [1.82, 2.24) is 5.32 Å². The SMILES string of the molecule is COC(=O)CCCCCCNC(=O)c1oc(Br)cc1C. The van der Waals surface area contributed by atoms with Crippen LogP contribution in [-0.2, 0) is 9.53 Å². The van der Waals surface area contributed by atoms with Crippen LogP contribution in [0.5, 0.6) is 0 Å². The molecule has 0 aliphatic rings. The molecule has 0 radical (unpaired) electrons. The Hall–Kier alpha value is -1.30. The number of ether oxygens (including phenoxy) is 1. The Kier molecular flexibility index (Phi) is 7.36. The monoisotopic (exact) mass is 345 g/mol. The molecule has 20 heavy (non-hydrogen) atoms. The molecule has 1 N–H and O–H groups in total. The van der Waals surface area contributed by atoms with Crippen molar-refractivity contribution < 1.29 is 18.7 Å². The fraction of sp³-hybridized carbons (Fsp3) is 0.571. The second kappa shape index (κ2) is 8.79. The molecule has 0 saturated heterocycles. The van der Waals surface area contributed by atoms with Crippen LogP contribution in [-0.4, -0.2) is 25.5 Å². The number of halogens is 1. The highest BCUT2D eigenvalue weighted by Gasteiger charge is 2.13. The Bertz CT molecular complexity index is 456. The van der Waals surface area contributed by atoms with E-state index >= 15 is 0 Å². The Morgan fingerprint density at radius 1 is 1.30 bits per heavy atom. The third-order valence-electron chi connectivity index (χ3n) is 2.91. The lowest BCUT2D eigenvalue weighted by atomic mass is 10.1. The van der Waals surface area contributed by atoms with E-state index in [4.69, 9.17) is 4.42 Å². The highest BCUT2D eigenvalue weighted by Crippen LogP contribution is 2.19. The van der Waals surface area contributed by atoms with Crippen molar-refractivity contribution in [2.45, 2.75) is 39.0 Å². The van der Waals surface area contributed by atoms with Crippen LogP contribution in [0.15, 0.2) is 15.2 Å². The summed E-state index contributed by atoms with van der Waals surface area (Å²) >= 11 is 3.19. The number of nitrogens with one attached hydrogen (secondary N) is 1. The molecule has 5 nitrogen and oxygen atoms in total. The lowest BCUT2D eigenvalue weighted by Crippen LogP contribution is -2.24. The van der Waals surface area contributed by atoms with Crippen molar-refractivity contribution in [2.24, 2.45) is 0 Å². The first kappa shape index (κ1) is 16.8. The Balaban J connectivity index is 2.11. The molecule has 0 saturated carbocycles. The second-order valence-corrected chi connectivity index (χ2v) is 5.34. The van der Waals surface area contributed by atoms with Crippen LogP contribution in [0.25, 0.3) is 0 Å². The first-order valence-corrected chi connectivity index (χ1v) is 7.45. The normalized spacial score (nSPS) is 10.3. The maximum absolute atomic E-state index is 11.8. The molecule has 0 aliphatic carbocycles. The van der Waals surface area contributed by atoms with E-state index in [1.807, 2.05) is 6.92 Å². The van der Waals surface area contributed by atoms with E-state index < -0.39 is 0 Å². The fourth-order valence-corrected chi connectivity index (χ4v) is 2.31. The number of carbonyl (C=O) groups excluding carboxylic acids is 2. The molecule has 1 amide bonds. The molecule has 1 rings (SSSR count). The number of carbonyl (C=O) groups is 2. The molecule has 1 aromatic rings. The number of hydrogen-bond acceptors (Lipinski definition) is 4. The molecule has 1 heterocycles. The first-order valence-electron chi connectivity index (χ1n) is 6.65. The summed E-state index contributed by atoms with van der Waals surface area (Å²) < 4.78 is 10.4. The topological polar surface area (TPSA) is 68.5 Å². The third-order valence-corrected chi connectivity index (χ3v) is 3.31. The minimum atomic E-state index is -0.192. The van der Waals surface area contributed by atoms with E-state index in [2.05, 4.69) is 26.0 Å². The smallest absolute Gasteiger partial charge is 0.305 e. The van der Waals surface area contributed by atoms with Gasteiger partial charge in [0.15, 0.2) is 10.4 Å². The average molecular weight is 346 g/mol. The molecular weight excluding hydrogens is 326 g/mol. The lowest BCUT2D eigenvalue weighted by molar-refractivity contribution is -0.140. The lowest BCUT2D eigenvalue weighted by Gasteiger charge is -2.04. The van der Waals surface area contributed by atoms with Gasteiger partial charge in [-0.25, -0.2) is 0 Å². The number of furan rings is 1. The predicted molar refractivity (Wildman–Crippen MR) is 78.6 cm³/mol. The van der Waals surface area contributed by atoms with Gasteiger partial charge < -0.3 is 14.5 Å². The van der Waals surface area contributed by atoms with Crippen molar-refractivity contribution >= 4 is 27.8 Å². The number of methoxy groups -OCH3 is 1. The van der Waals surface area contributed by atoms with E-state index in [1.54, 1.807) is 6.07 Å². The standard InChI is InChI=1S/C14H20BrNO4/c1-10-9-11(15)20-13(10)14(18)16-8-6-4-3-5-7-12(17)19-2/h9H,3-8H2,1-2H3,(H,16,18). The number of esters is 1.